The molecular weight excluding hydrogens is 222 g/mol. The Kier molecular flexibility index (Phi) is 2.32. The Morgan fingerprint density at radius 1 is 1.50 bits per heavy atom. The number of carbonyl (C=O) groups is 1. The number of hydrogen-bond donors (Lipinski definition) is 1. The maximum Gasteiger partial charge on any atom is 0.194 e. The van der Waals surface area contributed by atoms with Crippen molar-refractivity contribution in [2.45, 2.75) is 19.3 Å². The summed E-state index contributed by atoms with van der Waals surface area (Å²) in [4.78, 5) is 23.5. The zero-order valence-electron chi connectivity index (χ0n) is 8.64. The molecule has 0 aliphatic heterocycles. The molecule has 0 aromatic carbocycles. The maximum absolute atomic E-state index is 12.1. The van der Waals surface area contributed by atoms with Crippen LogP contribution in [0.25, 0.3) is 0 Å². The van der Waals surface area contributed by atoms with Gasteiger partial charge in [-0.2, -0.15) is 0 Å². The van der Waals surface area contributed by atoms with Gasteiger partial charge in [0, 0.05) is 23.2 Å². The van der Waals surface area contributed by atoms with Crippen LogP contribution in [0.15, 0.2) is 17.9 Å². The van der Waals surface area contributed by atoms with Crippen molar-refractivity contribution >= 4 is 17.1 Å². The minimum absolute atomic E-state index is 0.0686. The number of H-pyrrole nitrogens is 1. The van der Waals surface area contributed by atoms with Crippen molar-refractivity contribution in [2.75, 3.05) is 0 Å². The molecule has 1 unspecified atom stereocenters. The van der Waals surface area contributed by atoms with Crippen molar-refractivity contribution in [2.24, 2.45) is 5.92 Å². The standard InChI is InChI=1S/C11H11N3OS/c15-10(11-12-3-4-16-11)7-1-2-8-9(5-7)14-6-13-8/h3-4,6-7H,1-2,5H2,(H,13,14). The normalized spacial score (nSPS) is 19.4. The minimum atomic E-state index is 0.0686. The zero-order valence-corrected chi connectivity index (χ0v) is 9.46. The summed E-state index contributed by atoms with van der Waals surface area (Å²) in [6, 6.07) is 0. The van der Waals surface area contributed by atoms with Gasteiger partial charge in [-0.3, -0.25) is 4.79 Å². The molecule has 0 amide bonds. The van der Waals surface area contributed by atoms with E-state index >= 15 is 0 Å². The SMILES string of the molecule is O=C(c1nccs1)C1CCc2nc[nH]c2C1. The molecule has 0 bridgehead atoms. The van der Waals surface area contributed by atoms with Crippen LogP contribution in [0.2, 0.25) is 0 Å². The fraction of sp³-hybridized carbons (Fsp3) is 0.364. The van der Waals surface area contributed by atoms with Crippen molar-refractivity contribution < 1.29 is 4.79 Å². The second kappa shape index (κ2) is 3.83. The van der Waals surface area contributed by atoms with Gasteiger partial charge in [0.2, 0.25) is 0 Å². The maximum atomic E-state index is 12.1. The minimum Gasteiger partial charge on any atom is -0.348 e. The Morgan fingerprint density at radius 2 is 2.44 bits per heavy atom. The number of ketones is 1. The number of nitrogens with one attached hydrogen (secondary N) is 1. The molecule has 2 aromatic rings. The van der Waals surface area contributed by atoms with Crippen LogP contribution in [0.4, 0.5) is 0 Å². The van der Waals surface area contributed by atoms with Gasteiger partial charge in [0.05, 0.1) is 12.0 Å². The number of aromatic nitrogens is 3. The molecule has 5 heteroatoms. The third-order valence-electron chi connectivity index (χ3n) is 3.00. The van der Waals surface area contributed by atoms with Crippen LogP contribution in [0.5, 0.6) is 0 Å². The highest BCUT2D eigenvalue weighted by atomic mass is 32.1. The number of hydrogen-bond acceptors (Lipinski definition) is 4. The number of thiazole rings is 1. The smallest absolute Gasteiger partial charge is 0.194 e. The van der Waals surface area contributed by atoms with Crippen molar-refractivity contribution in [1.82, 2.24) is 15.0 Å². The molecule has 4 nitrogen and oxygen atoms in total. The molecule has 0 saturated carbocycles. The monoisotopic (exact) mass is 233 g/mol. The number of aromatic amines is 1. The first-order chi connectivity index (χ1) is 7.84. The summed E-state index contributed by atoms with van der Waals surface area (Å²) in [6.45, 7) is 0. The molecule has 1 N–H and O–H groups in total. The largest absolute Gasteiger partial charge is 0.348 e. The van der Waals surface area contributed by atoms with Crippen LogP contribution >= 0.6 is 11.3 Å². The summed E-state index contributed by atoms with van der Waals surface area (Å²) in [5.74, 6) is 0.245. The average molecular weight is 233 g/mol. The highest BCUT2D eigenvalue weighted by molar-refractivity contribution is 7.11. The molecule has 1 atom stereocenters. The molecule has 82 valence electrons. The van der Waals surface area contributed by atoms with Crippen LogP contribution in [-0.4, -0.2) is 20.7 Å². The van der Waals surface area contributed by atoms with E-state index in [4.69, 9.17) is 0 Å². The van der Waals surface area contributed by atoms with Gasteiger partial charge in [0.1, 0.15) is 0 Å². The second-order valence-corrected chi connectivity index (χ2v) is 4.86. The number of fused-ring (bicyclic) bond motifs is 1. The molecule has 1 aliphatic rings. The van der Waals surface area contributed by atoms with E-state index in [1.165, 1.54) is 11.3 Å². The number of Topliss-reactive ketones (excluding diaryl/α,β-unsaturated/α-hetero) is 1. The van der Waals surface area contributed by atoms with Gasteiger partial charge >= 0.3 is 0 Å². The van der Waals surface area contributed by atoms with Gasteiger partial charge in [-0.1, -0.05) is 0 Å². The van der Waals surface area contributed by atoms with Crippen molar-refractivity contribution in [3.63, 3.8) is 0 Å². The molecule has 16 heavy (non-hydrogen) atoms. The van der Waals surface area contributed by atoms with E-state index in [1.54, 1.807) is 12.5 Å². The number of rotatable bonds is 2. The van der Waals surface area contributed by atoms with E-state index < -0.39 is 0 Å². The second-order valence-electron chi connectivity index (χ2n) is 3.97. The third-order valence-corrected chi connectivity index (χ3v) is 3.79. The molecule has 0 spiro atoms. The van der Waals surface area contributed by atoms with Crippen LogP contribution < -0.4 is 0 Å². The van der Waals surface area contributed by atoms with E-state index in [2.05, 4.69) is 15.0 Å². The lowest BCUT2D eigenvalue weighted by Gasteiger charge is -2.18. The Labute approximate surface area is 96.8 Å². The molecular formula is C11H11N3OS. The first-order valence-electron chi connectivity index (χ1n) is 5.29. The molecule has 0 saturated heterocycles. The first-order valence-corrected chi connectivity index (χ1v) is 6.17. The third kappa shape index (κ3) is 1.57. The van der Waals surface area contributed by atoms with Crippen LogP contribution in [-0.2, 0) is 12.8 Å². The van der Waals surface area contributed by atoms with Gasteiger partial charge < -0.3 is 4.98 Å². The van der Waals surface area contributed by atoms with Crippen LogP contribution in [0.3, 0.4) is 0 Å². The Balaban J connectivity index is 1.81. The van der Waals surface area contributed by atoms with Gasteiger partial charge in [-0.15, -0.1) is 11.3 Å². The lowest BCUT2D eigenvalue weighted by atomic mass is 9.87. The van der Waals surface area contributed by atoms with E-state index in [0.29, 0.717) is 5.01 Å². The molecule has 0 fully saturated rings. The lowest BCUT2D eigenvalue weighted by molar-refractivity contribution is 0.0907. The lowest BCUT2D eigenvalue weighted by Crippen LogP contribution is -2.22. The molecule has 2 heterocycles. The topological polar surface area (TPSA) is 58.6 Å². The summed E-state index contributed by atoms with van der Waals surface area (Å²) in [7, 11) is 0. The number of aryl methyl sites for hydroxylation is 1. The van der Waals surface area contributed by atoms with Gasteiger partial charge in [-0.25, -0.2) is 9.97 Å². The summed E-state index contributed by atoms with van der Waals surface area (Å²) in [6.07, 6.45) is 5.94. The van der Waals surface area contributed by atoms with Crippen molar-refractivity contribution in [1.29, 1.82) is 0 Å². The van der Waals surface area contributed by atoms with E-state index in [1.807, 2.05) is 5.38 Å². The fourth-order valence-electron chi connectivity index (χ4n) is 2.14. The average Bonchev–Trinajstić information content (AvgIpc) is 2.98. The number of carbonyl (C=O) groups excluding carboxylic acids is 1. The zero-order chi connectivity index (χ0) is 11.0. The molecule has 2 aromatic heterocycles. The van der Waals surface area contributed by atoms with Crippen molar-refractivity contribution in [3.8, 4) is 0 Å². The van der Waals surface area contributed by atoms with E-state index in [-0.39, 0.29) is 11.7 Å². The number of imidazole rings is 1. The van der Waals surface area contributed by atoms with Gasteiger partial charge in [0.15, 0.2) is 10.8 Å². The number of nitrogens with zero attached hydrogens (tertiary/aromatic N) is 2. The molecule has 0 radical (unpaired) electrons. The summed E-state index contributed by atoms with van der Waals surface area (Å²) in [5.41, 5.74) is 2.23. The van der Waals surface area contributed by atoms with Crippen molar-refractivity contribution in [3.05, 3.63) is 34.3 Å². The quantitative estimate of drug-likeness (QED) is 0.805. The van der Waals surface area contributed by atoms with E-state index in [0.717, 1.165) is 30.7 Å². The highest BCUT2D eigenvalue weighted by Crippen LogP contribution is 2.26. The predicted molar refractivity (Wildman–Crippen MR) is 60.5 cm³/mol. The van der Waals surface area contributed by atoms with Crippen LogP contribution in [0.1, 0.15) is 27.6 Å². The Morgan fingerprint density at radius 3 is 3.25 bits per heavy atom. The summed E-state index contributed by atoms with van der Waals surface area (Å²) < 4.78 is 0. The summed E-state index contributed by atoms with van der Waals surface area (Å²) >= 11 is 1.42. The van der Waals surface area contributed by atoms with Gasteiger partial charge in [-0.05, 0) is 19.3 Å². The van der Waals surface area contributed by atoms with Gasteiger partial charge in [0.25, 0.3) is 0 Å². The van der Waals surface area contributed by atoms with E-state index in [9.17, 15) is 4.79 Å². The summed E-state index contributed by atoms with van der Waals surface area (Å²) in [5, 5.41) is 2.48. The Bertz CT molecular complexity index is 503. The molecule has 3 rings (SSSR count). The first kappa shape index (κ1) is 9.72. The van der Waals surface area contributed by atoms with Crippen LogP contribution in [0, 0.1) is 5.92 Å². The fourth-order valence-corrected chi connectivity index (χ4v) is 2.80. The highest BCUT2D eigenvalue weighted by Gasteiger charge is 2.27. The molecule has 1 aliphatic carbocycles. The predicted octanol–water partition coefficient (Wildman–Crippen LogP) is 1.85. The Hall–Kier alpha value is -1.49.